The number of aromatic hydroxyl groups is 1. The zero-order valence-corrected chi connectivity index (χ0v) is 9.55. The zero-order chi connectivity index (χ0) is 12.5. The van der Waals surface area contributed by atoms with Crippen LogP contribution in [0.15, 0.2) is 59.5 Å². The molecule has 0 bridgehead atoms. The summed E-state index contributed by atoms with van der Waals surface area (Å²) in [4.78, 5) is 14.5. The molecule has 0 fully saturated rings. The maximum Gasteiger partial charge on any atom is 0.256 e. The van der Waals surface area contributed by atoms with Gasteiger partial charge in [-0.15, -0.1) is 0 Å². The van der Waals surface area contributed by atoms with Crippen molar-refractivity contribution in [2.45, 2.75) is 0 Å². The lowest BCUT2D eigenvalue weighted by Crippen LogP contribution is -2.06. The van der Waals surface area contributed by atoms with Gasteiger partial charge in [0.1, 0.15) is 5.75 Å². The second-order valence-corrected chi connectivity index (χ2v) is 4.10. The first-order chi connectivity index (χ1) is 8.77. The minimum absolute atomic E-state index is 0.0855. The van der Waals surface area contributed by atoms with Gasteiger partial charge in [0.25, 0.3) is 5.56 Å². The van der Waals surface area contributed by atoms with Crippen LogP contribution in [-0.4, -0.2) is 10.1 Å². The lowest BCUT2D eigenvalue weighted by Gasteiger charge is -2.06. The van der Waals surface area contributed by atoms with Crippen LogP contribution in [0, 0.1) is 0 Å². The first kappa shape index (κ1) is 10.6. The van der Waals surface area contributed by atoms with E-state index >= 15 is 0 Å². The molecule has 3 aromatic rings. The molecule has 1 aromatic heterocycles. The molecule has 0 aliphatic rings. The standard InChI is InChI=1S/C15H11NO2/c17-13-9-16-15(18)14-11(7-4-8-12(13)14)10-5-2-1-3-6-10/h1-9,17H,(H,16,18). The van der Waals surface area contributed by atoms with Crippen LogP contribution in [0.1, 0.15) is 0 Å². The molecule has 18 heavy (non-hydrogen) atoms. The fourth-order valence-corrected chi connectivity index (χ4v) is 2.15. The van der Waals surface area contributed by atoms with Gasteiger partial charge in [-0.1, -0.05) is 48.5 Å². The SMILES string of the molecule is O=c1[nH]cc(O)c2cccc(-c3ccccc3)c12. The molecule has 3 nitrogen and oxygen atoms in total. The van der Waals surface area contributed by atoms with Gasteiger partial charge in [-0.25, -0.2) is 0 Å². The third-order valence-corrected chi connectivity index (χ3v) is 2.99. The van der Waals surface area contributed by atoms with E-state index in [4.69, 9.17) is 0 Å². The highest BCUT2D eigenvalue weighted by atomic mass is 16.3. The summed E-state index contributed by atoms with van der Waals surface area (Å²) in [5.74, 6) is 0.0855. The molecule has 2 N–H and O–H groups in total. The van der Waals surface area contributed by atoms with Gasteiger partial charge >= 0.3 is 0 Å². The maximum atomic E-state index is 12.0. The summed E-state index contributed by atoms with van der Waals surface area (Å²) < 4.78 is 0. The van der Waals surface area contributed by atoms with E-state index in [9.17, 15) is 9.90 Å². The first-order valence-corrected chi connectivity index (χ1v) is 5.66. The van der Waals surface area contributed by atoms with E-state index in [1.807, 2.05) is 42.5 Å². The normalized spacial score (nSPS) is 10.7. The van der Waals surface area contributed by atoms with E-state index in [0.717, 1.165) is 11.1 Å². The van der Waals surface area contributed by atoms with Crippen LogP contribution < -0.4 is 5.56 Å². The van der Waals surface area contributed by atoms with Gasteiger partial charge in [-0.3, -0.25) is 4.79 Å². The number of hydrogen-bond donors (Lipinski definition) is 2. The van der Waals surface area contributed by atoms with Gasteiger partial charge in [0, 0.05) is 11.6 Å². The average Bonchev–Trinajstić information content (AvgIpc) is 2.43. The molecular weight excluding hydrogens is 226 g/mol. The Hall–Kier alpha value is -2.55. The second kappa shape index (κ2) is 4.04. The van der Waals surface area contributed by atoms with Crippen LogP contribution in [0.3, 0.4) is 0 Å². The van der Waals surface area contributed by atoms with Gasteiger partial charge in [0.15, 0.2) is 0 Å². The van der Waals surface area contributed by atoms with E-state index in [1.54, 1.807) is 6.07 Å². The van der Waals surface area contributed by atoms with Crippen molar-refractivity contribution in [2.75, 3.05) is 0 Å². The molecule has 0 aliphatic carbocycles. The monoisotopic (exact) mass is 237 g/mol. The molecule has 0 unspecified atom stereocenters. The topological polar surface area (TPSA) is 53.1 Å². The Balaban J connectivity index is 2.45. The smallest absolute Gasteiger partial charge is 0.256 e. The van der Waals surface area contributed by atoms with Crippen molar-refractivity contribution < 1.29 is 5.11 Å². The molecule has 3 rings (SSSR count). The summed E-state index contributed by atoms with van der Waals surface area (Å²) in [6.07, 6.45) is 1.32. The molecule has 1 heterocycles. The summed E-state index contributed by atoms with van der Waals surface area (Å²) in [7, 11) is 0. The Bertz CT molecular complexity index is 760. The molecule has 0 atom stereocenters. The molecule has 0 amide bonds. The second-order valence-electron chi connectivity index (χ2n) is 4.10. The quantitative estimate of drug-likeness (QED) is 0.683. The van der Waals surface area contributed by atoms with Crippen molar-refractivity contribution in [3.8, 4) is 16.9 Å². The van der Waals surface area contributed by atoms with Crippen LogP contribution in [-0.2, 0) is 0 Å². The van der Waals surface area contributed by atoms with Gasteiger partial charge in [-0.05, 0) is 11.1 Å². The van der Waals surface area contributed by atoms with Crippen molar-refractivity contribution in [1.82, 2.24) is 4.98 Å². The van der Waals surface area contributed by atoms with Crippen LogP contribution in [0.2, 0.25) is 0 Å². The maximum absolute atomic E-state index is 12.0. The lowest BCUT2D eigenvalue weighted by atomic mass is 9.99. The highest BCUT2D eigenvalue weighted by Crippen LogP contribution is 2.29. The molecule has 2 aromatic carbocycles. The Morgan fingerprint density at radius 1 is 0.944 bits per heavy atom. The average molecular weight is 237 g/mol. The largest absolute Gasteiger partial charge is 0.506 e. The number of rotatable bonds is 1. The minimum atomic E-state index is -0.192. The van der Waals surface area contributed by atoms with Gasteiger partial charge in [0.2, 0.25) is 0 Å². The van der Waals surface area contributed by atoms with Crippen LogP contribution >= 0.6 is 0 Å². The third kappa shape index (κ3) is 1.57. The highest BCUT2D eigenvalue weighted by Gasteiger charge is 2.09. The van der Waals surface area contributed by atoms with E-state index in [1.165, 1.54) is 6.20 Å². The first-order valence-electron chi connectivity index (χ1n) is 5.66. The van der Waals surface area contributed by atoms with Crippen LogP contribution in [0.25, 0.3) is 21.9 Å². The van der Waals surface area contributed by atoms with Crippen molar-refractivity contribution in [2.24, 2.45) is 0 Å². The summed E-state index contributed by atoms with van der Waals surface area (Å²) in [5.41, 5.74) is 1.59. The fraction of sp³-hybridized carbons (Fsp3) is 0. The molecule has 3 heteroatoms. The molecule has 88 valence electrons. The molecule has 0 spiro atoms. The van der Waals surface area contributed by atoms with E-state index in [2.05, 4.69) is 4.98 Å². The van der Waals surface area contributed by atoms with Crippen LogP contribution in [0.4, 0.5) is 0 Å². The molecular formula is C15H11NO2. The summed E-state index contributed by atoms with van der Waals surface area (Å²) in [6.45, 7) is 0. The van der Waals surface area contributed by atoms with E-state index in [0.29, 0.717) is 10.8 Å². The van der Waals surface area contributed by atoms with Crippen molar-refractivity contribution in [3.05, 3.63) is 65.1 Å². The summed E-state index contributed by atoms with van der Waals surface area (Å²) in [6, 6.07) is 15.1. The predicted octanol–water partition coefficient (Wildman–Crippen LogP) is 2.90. The predicted molar refractivity (Wildman–Crippen MR) is 71.7 cm³/mol. The number of hydrogen-bond acceptors (Lipinski definition) is 2. The third-order valence-electron chi connectivity index (χ3n) is 2.99. The van der Waals surface area contributed by atoms with Crippen LogP contribution in [0.5, 0.6) is 5.75 Å². The molecule has 0 saturated heterocycles. The van der Waals surface area contributed by atoms with Crippen molar-refractivity contribution >= 4 is 10.8 Å². The zero-order valence-electron chi connectivity index (χ0n) is 9.55. The van der Waals surface area contributed by atoms with Crippen molar-refractivity contribution in [3.63, 3.8) is 0 Å². The van der Waals surface area contributed by atoms with Gasteiger partial charge in [0.05, 0.1) is 5.39 Å². The molecule has 0 saturated carbocycles. The van der Waals surface area contributed by atoms with Gasteiger partial charge in [-0.2, -0.15) is 0 Å². The number of nitrogens with one attached hydrogen (secondary N) is 1. The number of pyridine rings is 1. The summed E-state index contributed by atoms with van der Waals surface area (Å²) in [5, 5.41) is 10.9. The number of benzene rings is 2. The number of fused-ring (bicyclic) bond motifs is 1. The van der Waals surface area contributed by atoms with E-state index in [-0.39, 0.29) is 11.3 Å². The molecule has 0 aliphatic heterocycles. The van der Waals surface area contributed by atoms with E-state index < -0.39 is 0 Å². The van der Waals surface area contributed by atoms with Crippen molar-refractivity contribution in [1.29, 1.82) is 0 Å². The number of H-pyrrole nitrogens is 1. The Kier molecular flexibility index (Phi) is 2.38. The lowest BCUT2D eigenvalue weighted by molar-refractivity contribution is 0.479. The Morgan fingerprint density at radius 2 is 1.72 bits per heavy atom. The Labute approximate surface area is 103 Å². The number of aromatic nitrogens is 1. The fourth-order valence-electron chi connectivity index (χ4n) is 2.15. The number of aromatic amines is 1. The minimum Gasteiger partial charge on any atom is -0.506 e. The Morgan fingerprint density at radius 3 is 2.50 bits per heavy atom. The summed E-state index contributed by atoms with van der Waals surface area (Å²) >= 11 is 0. The van der Waals surface area contributed by atoms with Gasteiger partial charge < -0.3 is 10.1 Å². The highest BCUT2D eigenvalue weighted by molar-refractivity contribution is 5.98. The molecule has 0 radical (unpaired) electrons.